The third-order valence-corrected chi connectivity index (χ3v) is 5.30. The third kappa shape index (κ3) is 2.47. The second kappa shape index (κ2) is 6.23. The number of ketones is 1. The number of carboxylic acids is 1. The average molecular weight is 375 g/mol. The van der Waals surface area contributed by atoms with Crippen molar-refractivity contribution in [2.75, 3.05) is 11.4 Å². The van der Waals surface area contributed by atoms with E-state index in [1.165, 1.54) is 0 Å². The molecule has 7 nitrogen and oxygen atoms in total. The van der Waals surface area contributed by atoms with Gasteiger partial charge in [-0.05, 0) is 24.3 Å². The molecule has 1 unspecified atom stereocenters. The van der Waals surface area contributed by atoms with Gasteiger partial charge in [-0.3, -0.25) is 4.79 Å². The zero-order valence-electron chi connectivity index (χ0n) is 14.9. The molecular weight excluding hydrogens is 358 g/mol. The van der Waals surface area contributed by atoms with Gasteiger partial charge in [0.1, 0.15) is 17.6 Å². The van der Waals surface area contributed by atoms with Crippen LogP contribution in [0.15, 0.2) is 59.1 Å². The molecule has 1 atom stereocenters. The van der Waals surface area contributed by atoms with Gasteiger partial charge in [0, 0.05) is 24.8 Å². The second-order valence-electron chi connectivity index (χ2n) is 6.93. The molecule has 1 aliphatic rings. The summed E-state index contributed by atoms with van der Waals surface area (Å²) in [4.78, 5) is 26.3. The summed E-state index contributed by atoms with van der Waals surface area (Å²) >= 11 is 0. The highest BCUT2D eigenvalue weighted by atomic mass is 16.5. The summed E-state index contributed by atoms with van der Waals surface area (Å²) in [5, 5.41) is 15.7. The number of hydrogen-bond donors (Lipinski definition) is 1. The Morgan fingerprint density at radius 3 is 2.79 bits per heavy atom. The molecule has 2 aromatic heterocycles. The molecule has 1 saturated heterocycles. The van der Waals surface area contributed by atoms with E-state index < -0.39 is 12.1 Å². The highest BCUT2D eigenvalue weighted by Crippen LogP contribution is 2.37. The van der Waals surface area contributed by atoms with Crippen LogP contribution >= 0.6 is 0 Å². The van der Waals surface area contributed by atoms with Crippen LogP contribution in [0.5, 0.6) is 0 Å². The second-order valence-corrected chi connectivity index (χ2v) is 6.93. The zero-order chi connectivity index (χ0) is 19.3. The van der Waals surface area contributed by atoms with Gasteiger partial charge in [0.05, 0.1) is 10.9 Å². The molecule has 1 fully saturated rings. The topological polar surface area (TPSA) is 88.6 Å². The molecule has 140 valence electrons. The SMILES string of the molecule is O=C1CCN(c2noc3ccccc23)C(n2c(C(=O)O)cc3ccccc32)C1. The molecule has 0 aliphatic carbocycles. The Balaban J connectivity index is 1.72. The number of carbonyl (C=O) groups excluding carboxylic acids is 1. The minimum absolute atomic E-state index is 0.100. The van der Waals surface area contributed by atoms with Crippen molar-refractivity contribution in [3.05, 3.63) is 60.3 Å². The van der Waals surface area contributed by atoms with E-state index in [0.29, 0.717) is 24.4 Å². The highest BCUT2D eigenvalue weighted by Gasteiger charge is 2.34. The molecule has 3 heterocycles. The predicted octanol–water partition coefficient (Wildman–Crippen LogP) is 3.85. The summed E-state index contributed by atoms with van der Waals surface area (Å²) in [5.74, 6) is -0.301. The van der Waals surface area contributed by atoms with E-state index in [1.54, 1.807) is 10.6 Å². The van der Waals surface area contributed by atoms with Crippen molar-refractivity contribution in [1.82, 2.24) is 9.72 Å². The quantitative estimate of drug-likeness (QED) is 0.585. The lowest BCUT2D eigenvalue weighted by molar-refractivity contribution is -0.120. The lowest BCUT2D eigenvalue weighted by Gasteiger charge is -2.37. The lowest BCUT2D eigenvalue weighted by atomic mass is 10.0. The van der Waals surface area contributed by atoms with Crippen LogP contribution in [0.3, 0.4) is 0 Å². The molecule has 0 spiro atoms. The monoisotopic (exact) mass is 375 g/mol. The largest absolute Gasteiger partial charge is 0.477 e. The molecule has 1 aliphatic heterocycles. The maximum absolute atomic E-state index is 12.3. The Morgan fingerprint density at radius 1 is 1.14 bits per heavy atom. The van der Waals surface area contributed by atoms with Gasteiger partial charge in [0.15, 0.2) is 11.4 Å². The first-order chi connectivity index (χ1) is 13.6. The average Bonchev–Trinajstić information content (AvgIpc) is 3.29. The molecule has 28 heavy (non-hydrogen) atoms. The number of carbonyl (C=O) groups is 2. The number of fused-ring (bicyclic) bond motifs is 2. The van der Waals surface area contributed by atoms with Gasteiger partial charge in [0.2, 0.25) is 0 Å². The van der Waals surface area contributed by atoms with Gasteiger partial charge in [-0.15, -0.1) is 0 Å². The normalized spacial score (nSPS) is 17.5. The molecule has 4 aromatic rings. The number of anilines is 1. The molecule has 7 heteroatoms. The fourth-order valence-corrected chi connectivity index (χ4v) is 4.03. The Morgan fingerprint density at radius 2 is 1.93 bits per heavy atom. The maximum atomic E-state index is 12.3. The number of carboxylic acid groups (broad SMARTS) is 1. The first-order valence-electron chi connectivity index (χ1n) is 9.09. The first-order valence-corrected chi connectivity index (χ1v) is 9.09. The molecule has 0 saturated carbocycles. The van der Waals surface area contributed by atoms with Crippen LogP contribution in [-0.4, -0.2) is 33.1 Å². The number of Topliss-reactive ketones (excluding diaryl/α,β-unsaturated/α-hetero) is 1. The fraction of sp³-hybridized carbons (Fsp3) is 0.190. The van der Waals surface area contributed by atoms with E-state index in [2.05, 4.69) is 5.16 Å². The number of rotatable bonds is 3. The summed E-state index contributed by atoms with van der Waals surface area (Å²) in [6.45, 7) is 0.450. The molecular formula is C21H17N3O4. The van der Waals surface area contributed by atoms with Crippen molar-refractivity contribution in [2.24, 2.45) is 0 Å². The van der Waals surface area contributed by atoms with Crippen LogP contribution in [0, 0.1) is 0 Å². The molecule has 0 radical (unpaired) electrons. The van der Waals surface area contributed by atoms with Crippen LogP contribution in [0.25, 0.3) is 21.9 Å². The third-order valence-electron chi connectivity index (χ3n) is 5.30. The number of nitrogens with zero attached hydrogens (tertiary/aromatic N) is 3. The van der Waals surface area contributed by atoms with Crippen LogP contribution < -0.4 is 4.90 Å². The zero-order valence-corrected chi connectivity index (χ0v) is 14.9. The number of para-hydroxylation sites is 2. The minimum atomic E-state index is -1.03. The molecule has 1 N–H and O–H groups in total. The number of benzene rings is 2. The van der Waals surface area contributed by atoms with Crippen molar-refractivity contribution in [1.29, 1.82) is 0 Å². The smallest absolute Gasteiger partial charge is 0.352 e. The van der Waals surface area contributed by atoms with Crippen molar-refractivity contribution in [3.63, 3.8) is 0 Å². The Labute approximate surface area is 159 Å². The van der Waals surface area contributed by atoms with Gasteiger partial charge in [0.25, 0.3) is 0 Å². The molecule has 0 bridgehead atoms. The van der Waals surface area contributed by atoms with E-state index in [1.807, 2.05) is 53.4 Å². The minimum Gasteiger partial charge on any atom is -0.477 e. The lowest BCUT2D eigenvalue weighted by Crippen LogP contribution is -2.41. The van der Waals surface area contributed by atoms with Crippen molar-refractivity contribution in [2.45, 2.75) is 19.0 Å². The van der Waals surface area contributed by atoms with E-state index in [-0.39, 0.29) is 17.9 Å². The molecule has 2 aromatic carbocycles. The van der Waals surface area contributed by atoms with Crippen molar-refractivity contribution < 1.29 is 19.2 Å². The van der Waals surface area contributed by atoms with Crippen molar-refractivity contribution >= 4 is 39.4 Å². The van der Waals surface area contributed by atoms with E-state index in [0.717, 1.165) is 16.3 Å². The van der Waals surface area contributed by atoms with E-state index >= 15 is 0 Å². The Hall–Kier alpha value is -3.61. The number of piperidine rings is 1. The van der Waals surface area contributed by atoms with Crippen LogP contribution in [0.4, 0.5) is 5.82 Å². The Bertz CT molecular complexity index is 1220. The molecule has 5 rings (SSSR count). The number of aromatic nitrogens is 2. The van der Waals surface area contributed by atoms with Crippen LogP contribution in [0.2, 0.25) is 0 Å². The van der Waals surface area contributed by atoms with Crippen molar-refractivity contribution in [3.8, 4) is 0 Å². The van der Waals surface area contributed by atoms with Gasteiger partial charge in [-0.2, -0.15) is 0 Å². The van der Waals surface area contributed by atoms with Crippen LogP contribution in [-0.2, 0) is 4.79 Å². The number of hydrogen-bond acceptors (Lipinski definition) is 5. The van der Waals surface area contributed by atoms with Gasteiger partial charge in [-0.1, -0.05) is 35.5 Å². The van der Waals surface area contributed by atoms with Gasteiger partial charge < -0.3 is 19.1 Å². The summed E-state index contributed by atoms with van der Waals surface area (Å²) in [7, 11) is 0. The summed E-state index contributed by atoms with van der Waals surface area (Å²) in [6, 6.07) is 16.7. The van der Waals surface area contributed by atoms with Crippen LogP contribution in [0.1, 0.15) is 29.5 Å². The highest BCUT2D eigenvalue weighted by molar-refractivity contribution is 5.96. The Kier molecular flexibility index (Phi) is 3.68. The molecule has 0 amide bonds. The standard InChI is InChI=1S/C21H17N3O4/c25-14-9-10-23(20-15-6-2-4-8-18(15)28-22-20)19(12-14)24-16-7-3-1-5-13(16)11-17(24)21(26)27/h1-8,11,19H,9-10,12H2,(H,26,27). The summed E-state index contributed by atoms with van der Waals surface area (Å²) < 4.78 is 7.19. The van der Waals surface area contributed by atoms with E-state index in [4.69, 9.17) is 4.52 Å². The summed E-state index contributed by atoms with van der Waals surface area (Å²) in [5.41, 5.74) is 1.58. The van der Waals surface area contributed by atoms with Gasteiger partial charge in [-0.25, -0.2) is 4.79 Å². The summed E-state index contributed by atoms with van der Waals surface area (Å²) in [6.07, 6.45) is 0.111. The van der Waals surface area contributed by atoms with Gasteiger partial charge >= 0.3 is 5.97 Å². The maximum Gasteiger partial charge on any atom is 0.352 e. The first kappa shape index (κ1) is 16.6. The van der Waals surface area contributed by atoms with E-state index in [9.17, 15) is 14.7 Å². The predicted molar refractivity (Wildman–Crippen MR) is 104 cm³/mol. The fourth-order valence-electron chi connectivity index (χ4n) is 4.03. The number of aromatic carboxylic acids is 1.